The van der Waals surface area contributed by atoms with E-state index in [4.69, 9.17) is 16.3 Å². The molecule has 0 spiro atoms. The second kappa shape index (κ2) is 9.99. The summed E-state index contributed by atoms with van der Waals surface area (Å²) in [6.07, 6.45) is 4.53. The van der Waals surface area contributed by atoms with Gasteiger partial charge in [0, 0.05) is 23.3 Å². The number of nitrogens with zero attached hydrogens (tertiary/aromatic N) is 2. The van der Waals surface area contributed by atoms with E-state index in [0.29, 0.717) is 5.56 Å². The van der Waals surface area contributed by atoms with Gasteiger partial charge in [0.05, 0.1) is 17.4 Å². The summed E-state index contributed by atoms with van der Waals surface area (Å²) in [5.74, 6) is -0.955. The third-order valence-corrected chi connectivity index (χ3v) is 5.01. The van der Waals surface area contributed by atoms with E-state index in [2.05, 4.69) is 15.3 Å². The molecule has 0 aliphatic carbocycles. The minimum absolute atomic E-state index is 0.00995. The lowest BCUT2D eigenvalue weighted by molar-refractivity contribution is 0.0935. The van der Waals surface area contributed by atoms with Gasteiger partial charge in [-0.2, -0.15) is 0 Å². The number of aromatic nitrogens is 2. The molecule has 2 atom stereocenters. The van der Waals surface area contributed by atoms with Gasteiger partial charge in [-0.3, -0.25) is 4.79 Å². The molecule has 0 aliphatic heterocycles. The summed E-state index contributed by atoms with van der Waals surface area (Å²) in [7, 11) is -3.29. The van der Waals surface area contributed by atoms with E-state index in [1.807, 2.05) is 13.8 Å². The zero-order chi connectivity index (χ0) is 22.5. The van der Waals surface area contributed by atoms with Gasteiger partial charge in [0.2, 0.25) is 5.82 Å². The van der Waals surface area contributed by atoms with Crippen LogP contribution < -0.4 is 10.1 Å². The van der Waals surface area contributed by atoms with Crippen molar-refractivity contribution in [3.05, 3.63) is 64.3 Å². The van der Waals surface area contributed by atoms with Gasteiger partial charge in [0.25, 0.3) is 5.91 Å². The predicted molar refractivity (Wildman–Crippen MR) is 113 cm³/mol. The first-order valence-electron chi connectivity index (χ1n) is 9.09. The molecule has 7 nitrogen and oxygen atoms in total. The SMILES string of the molecule is CC(C)C(Oc1cnc(C(=O)N[C@H](C)/C=C/S(C)(=O)=O)nc1)c1cccc(F)c1Cl. The Balaban J connectivity index is 2.11. The number of nitrogens with one attached hydrogen (secondary N) is 1. The number of halogens is 2. The zero-order valence-corrected chi connectivity index (χ0v) is 18.5. The first kappa shape index (κ1) is 23.8. The number of benzene rings is 1. The molecule has 1 aromatic carbocycles. The molecule has 1 unspecified atom stereocenters. The fourth-order valence-corrected chi connectivity index (χ4v) is 3.27. The monoisotopic (exact) mass is 455 g/mol. The van der Waals surface area contributed by atoms with Gasteiger partial charge in [-0.25, -0.2) is 22.8 Å². The van der Waals surface area contributed by atoms with Crippen LogP contribution >= 0.6 is 11.6 Å². The Kier molecular flexibility index (Phi) is 7.91. The summed E-state index contributed by atoms with van der Waals surface area (Å²) >= 11 is 6.08. The second-order valence-electron chi connectivity index (χ2n) is 7.09. The maximum absolute atomic E-state index is 13.8. The molecule has 0 aliphatic rings. The maximum atomic E-state index is 13.8. The van der Waals surface area contributed by atoms with E-state index >= 15 is 0 Å². The number of carbonyl (C=O) groups is 1. The van der Waals surface area contributed by atoms with E-state index < -0.39 is 33.7 Å². The molecule has 1 heterocycles. The maximum Gasteiger partial charge on any atom is 0.289 e. The average Bonchev–Trinajstić information content (AvgIpc) is 2.66. The quantitative estimate of drug-likeness (QED) is 0.651. The highest BCUT2D eigenvalue weighted by molar-refractivity contribution is 7.93. The molecule has 1 amide bonds. The summed E-state index contributed by atoms with van der Waals surface area (Å²) in [6, 6.07) is 3.97. The number of sulfone groups is 1. The summed E-state index contributed by atoms with van der Waals surface area (Å²) < 4.78 is 42.0. The Hall–Kier alpha value is -2.52. The van der Waals surface area contributed by atoms with Crippen molar-refractivity contribution in [1.82, 2.24) is 15.3 Å². The van der Waals surface area contributed by atoms with Crippen molar-refractivity contribution >= 4 is 27.3 Å². The Morgan fingerprint density at radius 2 is 1.87 bits per heavy atom. The van der Waals surface area contributed by atoms with Crippen LogP contribution in [0.15, 0.2) is 42.1 Å². The summed E-state index contributed by atoms with van der Waals surface area (Å²) in [5.41, 5.74) is 0.500. The smallest absolute Gasteiger partial charge is 0.289 e. The largest absolute Gasteiger partial charge is 0.482 e. The summed E-state index contributed by atoms with van der Waals surface area (Å²) in [5, 5.41) is 3.57. The molecule has 0 saturated heterocycles. The molecule has 1 aromatic heterocycles. The Labute approximate surface area is 180 Å². The highest BCUT2D eigenvalue weighted by Gasteiger charge is 2.23. The van der Waals surface area contributed by atoms with Crippen LogP contribution in [0.1, 0.15) is 43.1 Å². The second-order valence-corrected chi connectivity index (χ2v) is 9.40. The van der Waals surface area contributed by atoms with E-state index in [-0.39, 0.29) is 22.5 Å². The molecular formula is C20H23ClFN3O4S. The van der Waals surface area contributed by atoms with Crippen molar-refractivity contribution in [3.63, 3.8) is 0 Å². The minimum atomic E-state index is -3.29. The van der Waals surface area contributed by atoms with Crippen molar-refractivity contribution in [3.8, 4) is 5.75 Å². The highest BCUT2D eigenvalue weighted by Crippen LogP contribution is 2.33. The number of amides is 1. The molecule has 1 N–H and O–H groups in total. The Morgan fingerprint density at radius 3 is 2.43 bits per heavy atom. The van der Waals surface area contributed by atoms with Gasteiger partial charge >= 0.3 is 0 Å². The van der Waals surface area contributed by atoms with Gasteiger partial charge < -0.3 is 10.1 Å². The molecule has 2 aromatic rings. The Morgan fingerprint density at radius 1 is 1.23 bits per heavy atom. The molecule has 0 bridgehead atoms. The molecule has 0 saturated carbocycles. The van der Waals surface area contributed by atoms with Crippen LogP contribution in [0.5, 0.6) is 5.75 Å². The van der Waals surface area contributed by atoms with E-state index in [1.54, 1.807) is 19.1 Å². The predicted octanol–water partition coefficient (Wildman–Crippen LogP) is 3.72. The van der Waals surface area contributed by atoms with Crippen LogP contribution in [0, 0.1) is 11.7 Å². The number of hydrogen-bond acceptors (Lipinski definition) is 6. The fourth-order valence-electron chi connectivity index (χ4n) is 2.52. The van der Waals surface area contributed by atoms with Crippen LogP contribution in [-0.2, 0) is 9.84 Å². The summed E-state index contributed by atoms with van der Waals surface area (Å²) in [4.78, 5) is 20.2. The Bertz CT molecular complexity index is 1030. The average molecular weight is 456 g/mol. The van der Waals surface area contributed by atoms with E-state index in [1.165, 1.54) is 24.5 Å². The van der Waals surface area contributed by atoms with Crippen LogP contribution in [0.2, 0.25) is 5.02 Å². The highest BCUT2D eigenvalue weighted by atomic mass is 35.5. The van der Waals surface area contributed by atoms with Crippen molar-refractivity contribution < 1.29 is 22.3 Å². The van der Waals surface area contributed by atoms with Crippen molar-refractivity contribution in [2.75, 3.05) is 6.26 Å². The molecule has 2 rings (SSSR count). The van der Waals surface area contributed by atoms with E-state index in [9.17, 15) is 17.6 Å². The van der Waals surface area contributed by atoms with Crippen LogP contribution in [0.25, 0.3) is 0 Å². The minimum Gasteiger partial charge on any atom is -0.482 e. The first-order valence-corrected chi connectivity index (χ1v) is 11.4. The summed E-state index contributed by atoms with van der Waals surface area (Å²) in [6.45, 7) is 5.42. The van der Waals surface area contributed by atoms with Crippen LogP contribution in [0.4, 0.5) is 4.39 Å². The normalized spacial score (nSPS) is 14.0. The van der Waals surface area contributed by atoms with Crippen LogP contribution in [0.3, 0.4) is 0 Å². The van der Waals surface area contributed by atoms with Gasteiger partial charge in [-0.15, -0.1) is 0 Å². The number of carbonyl (C=O) groups excluding carboxylic acids is 1. The molecule has 10 heteroatoms. The number of ether oxygens (including phenoxy) is 1. The zero-order valence-electron chi connectivity index (χ0n) is 17.0. The topological polar surface area (TPSA) is 98.2 Å². The standard InChI is InChI=1S/C20H23ClFN3O4S/c1-12(2)18(15-6-5-7-16(22)17(15)21)29-14-10-23-19(24-11-14)20(26)25-13(3)8-9-30(4,27)28/h5-13,18H,1-4H3,(H,25,26)/b9-8+/t13-,18?/m1/s1. The molecule has 162 valence electrons. The molecular weight excluding hydrogens is 433 g/mol. The lowest BCUT2D eigenvalue weighted by Crippen LogP contribution is -2.32. The van der Waals surface area contributed by atoms with Crippen molar-refractivity contribution in [2.45, 2.75) is 32.9 Å². The lowest BCUT2D eigenvalue weighted by atomic mass is 9.98. The van der Waals surface area contributed by atoms with Crippen molar-refractivity contribution in [1.29, 1.82) is 0 Å². The van der Waals surface area contributed by atoms with Crippen molar-refractivity contribution in [2.24, 2.45) is 5.92 Å². The van der Waals surface area contributed by atoms with Crippen LogP contribution in [-0.4, -0.2) is 36.6 Å². The van der Waals surface area contributed by atoms with Gasteiger partial charge in [0.15, 0.2) is 15.6 Å². The van der Waals surface area contributed by atoms with Gasteiger partial charge in [0.1, 0.15) is 11.9 Å². The first-order chi connectivity index (χ1) is 14.0. The lowest BCUT2D eigenvalue weighted by Gasteiger charge is -2.23. The van der Waals surface area contributed by atoms with Gasteiger partial charge in [-0.1, -0.05) is 43.7 Å². The van der Waals surface area contributed by atoms with Gasteiger partial charge in [-0.05, 0) is 18.9 Å². The molecule has 30 heavy (non-hydrogen) atoms. The third-order valence-electron chi connectivity index (χ3n) is 3.96. The third kappa shape index (κ3) is 6.77. The number of rotatable bonds is 8. The molecule has 0 radical (unpaired) electrons. The van der Waals surface area contributed by atoms with E-state index in [0.717, 1.165) is 11.7 Å². The molecule has 0 fully saturated rings. The fraction of sp³-hybridized carbons (Fsp3) is 0.350. The number of hydrogen-bond donors (Lipinski definition) is 1.